The van der Waals surface area contributed by atoms with E-state index in [0.29, 0.717) is 33.3 Å². The van der Waals surface area contributed by atoms with E-state index >= 15 is 0 Å². The number of hydrogen-bond acceptors (Lipinski definition) is 4. The number of hydrogen-bond donors (Lipinski definition) is 1. The third kappa shape index (κ3) is 2.63. The molecule has 0 spiro atoms. The molecule has 0 radical (unpaired) electrons. The lowest BCUT2D eigenvalue weighted by Crippen LogP contribution is -2.14. The number of pyridine rings is 1. The fourth-order valence-electron chi connectivity index (χ4n) is 2.66. The number of nitrogens with one attached hydrogen (secondary N) is 1. The number of aromatic nitrogens is 2. The van der Waals surface area contributed by atoms with Gasteiger partial charge in [-0.25, -0.2) is 9.37 Å². The third-order valence-electron chi connectivity index (χ3n) is 4.05. The predicted octanol–water partition coefficient (Wildman–Crippen LogP) is 4.45. The molecule has 1 N–H and O–H groups in total. The number of nitrogens with zero attached hydrogens (tertiary/aromatic N) is 2. The number of carbonyl (C=O) groups is 1. The maximum absolute atomic E-state index is 13.9. The molecule has 7 heteroatoms. The summed E-state index contributed by atoms with van der Waals surface area (Å²) in [6.07, 6.45) is 2.07. The van der Waals surface area contributed by atoms with Gasteiger partial charge in [0.15, 0.2) is 0 Å². The molecule has 0 aliphatic heterocycles. The number of amides is 1. The Labute approximate surface area is 141 Å². The Morgan fingerprint density at radius 1 is 1.38 bits per heavy atom. The Hall–Kier alpha value is -2.47. The highest BCUT2D eigenvalue weighted by Crippen LogP contribution is 2.40. The summed E-state index contributed by atoms with van der Waals surface area (Å²) in [7, 11) is 0. The fourth-order valence-corrected chi connectivity index (χ4v) is 2.84. The molecule has 0 unspecified atom stereocenters. The summed E-state index contributed by atoms with van der Waals surface area (Å²) in [5, 5.41) is 7.33. The summed E-state index contributed by atoms with van der Waals surface area (Å²) < 4.78 is 19.1. The standard InChI is InChI=1S/C17H13ClFN3O2/c1-8-15-11(7-13(9-2-3-9)21-17(15)24-22-8)16(23)20-14-6-10(18)4-5-12(14)19/h4-7,9H,2-3H2,1H3,(H,20,23). The molecule has 2 heterocycles. The number of benzene rings is 1. The number of fused-ring (bicyclic) bond motifs is 1. The van der Waals surface area contributed by atoms with Crippen LogP contribution < -0.4 is 5.32 Å². The molecule has 1 fully saturated rings. The van der Waals surface area contributed by atoms with E-state index in [0.717, 1.165) is 18.5 Å². The SMILES string of the molecule is Cc1noc2nc(C3CC3)cc(C(=O)Nc3cc(Cl)ccc3F)c12. The highest BCUT2D eigenvalue weighted by Gasteiger charge is 2.28. The molecule has 1 saturated carbocycles. The highest BCUT2D eigenvalue weighted by molar-refractivity contribution is 6.31. The number of carbonyl (C=O) groups excluding carboxylic acids is 1. The summed E-state index contributed by atoms with van der Waals surface area (Å²) >= 11 is 5.87. The lowest BCUT2D eigenvalue weighted by molar-refractivity contribution is 0.102. The Bertz CT molecular complexity index is 966. The third-order valence-corrected chi connectivity index (χ3v) is 4.29. The van der Waals surface area contributed by atoms with E-state index in [4.69, 9.17) is 16.1 Å². The van der Waals surface area contributed by atoms with Crippen molar-refractivity contribution in [3.63, 3.8) is 0 Å². The molecule has 2 aromatic heterocycles. The first-order valence-corrected chi connectivity index (χ1v) is 7.94. The molecule has 24 heavy (non-hydrogen) atoms. The van der Waals surface area contributed by atoms with Crippen LogP contribution in [0.4, 0.5) is 10.1 Å². The van der Waals surface area contributed by atoms with Crippen molar-refractivity contribution < 1.29 is 13.7 Å². The van der Waals surface area contributed by atoms with Crippen LogP contribution in [0.2, 0.25) is 5.02 Å². The van der Waals surface area contributed by atoms with Gasteiger partial charge in [-0.15, -0.1) is 0 Å². The summed E-state index contributed by atoms with van der Waals surface area (Å²) in [5.74, 6) is -0.659. The van der Waals surface area contributed by atoms with Crippen molar-refractivity contribution in [2.45, 2.75) is 25.7 Å². The zero-order valence-electron chi connectivity index (χ0n) is 12.8. The van der Waals surface area contributed by atoms with Crippen molar-refractivity contribution in [2.24, 2.45) is 0 Å². The second-order valence-corrected chi connectivity index (χ2v) is 6.33. The lowest BCUT2D eigenvalue weighted by Gasteiger charge is -2.09. The molecule has 0 saturated heterocycles. The summed E-state index contributed by atoms with van der Waals surface area (Å²) in [5.41, 5.74) is 2.10. The maximum Gasteiger partial charge on any atom is 0.259 e. The van der Waals surface area contributed by atoms with Gasteiger partial charge in [0.05, 0.1) is 22.3 Å². The van der Waals surface area contributed by atoms with E-state index in [9.17, 15) is 9.18 Å². The van der Waals surface area contributed by atoms with E-state index in [1.807, 2.05) is 0 Å². The van der Waals surface area contributed by atoms with E-state index in [2.05, 4.69) is 15.5 Å². The van der Waals surface area contributed by atoms with Crippen LogP contribution in [0.5, 0.6) is 0 Å². The zero-order chi connectivity index (χ0) is 16.8. The topological polar surface area (TPSA) is 68.0 Å². The Morgan fingerprint density at radius 2 is 2.17 bits per heavy atom. The van der Waals surface area contributed by atoms with Gasteiger partial charge < -0.3 is 9.84 Å². The molecule has 4 rings (SSSR count). The van der Waals surface area contributed by atoms with Gasteiger partial charge in [-0.3, -0.25) is 4.79 Å². The predicted molar refractivity (Wildman–Crippen MR) is 87.9 cm³/mol. The number of aryl methyl sites for hydroxylation is 1. The minimum Gasteiger partial charge on any atom is -0.336 e. The van der Waals surface area contributed by atoms with Gasteiger partial charge in [-0.05, 0) is 44.0 Å². The summed E-state index contributed by atoms with van der Waals surface area (Å²) in [4.78, 5) is 17.2. The molecule has 1 aliphatic carbocycles. The molecule has 0 bridgehead atoms. The Kier molecular flexibility index (Phi) is 3.49. The van der Waals surface area contributed by atoms with Crippen LogP contribution in [0.15, 0.2) is 28.8 Å². The molecule has 5 nitrogen and oxygen atoms in total. The van der Waals surface area contributed by atoms with Crippen LogP contribution in [0.1, 0.15) is 40.5 Å². The van der Waals surface area contributed by atoms with Gasteiger partial charge in [0.1, 0.15) is 5.82 Å². The first-order valence-electron chi connectivity index (χ1n) is 7.56. The van der Waals surface area contributed by atoms with Gasteiger partial charge in [-0.1, -0.05) is 16.8 Å². The fraction of sp³-hybridized carbons (Fsp3) is 0.235. The van der Waals surface area contributed by atoms with Crippen molar-refractivity contribution in [3.8, 4) is 0 Å². The quantitative estimate of drug-likeness (QED) is 0.761. The average molecular weight is 346 g/mol. The van der Waals surface area contributed by atoms with Gasteiger partial charge in [-0.2, -0.15) is 0 Å². The molecule has 1 aromatic carbocycles. The zero-order valence-corrected chi connectivity index (χ0v) is 13.5. The van der Waals surface area contributed by atoms with Crippen LogP contribution in [0.25, 0.3) is 11.1 Å². The van der Waals surface area contributed by atoms with Crippen LogP contribution in [0, 0.1) is 12.7 Å². The number of rotatable bonds is 3. The smallest absolute Gasteiger partial charge is 0.259 e. The van der Waals surface area contributed by atoms with E-state index in [-0.39, 0.29) is 5.69 Å². The minimum absolute atomic E-state index is 0.0274. The van der Waals surface area contributed by atoms with Gasteiger partial charge >= 0.3 is 0 Å². The van der Waals surface area contributed by atoms with Crippen molar-refractivity contribution in [1.29, 1.82) is 0 Å². The van der Waals surface area contributed by atoms with Crippen molar-refractivity contribution in [1.82, 2.24) is 10.1 Å². The molecule has 1 aliphatic rings. The Balaban J connectivity index is 1.78. The summed E-state index contributed by atoms with van der Waals surface area (Å²) in [6, 6.07) is 5.74. The van der Waals surface area contributed by atoms with Crippen molar-refractivity contribution in [2.75, 3.05) is 5.32 Å². The second-order valence-electron chi connectivity index (χ2n) is 5.90. The first-order chi connectivity index (χ1) is 11.5. The molecule has 1 amide bonds. The minimum atomic E-state index is -0.553. The monoisotopic (exact) mass is 345 g/mol. The second kappa shape index (κ2) is 5.56. The first kappa shape index (κ1) is 15.1. The van der Waals surface area contributed by atoms with Crippen LogP contribution in [0.3, 0.4) is 0 Å². The van der Waals surface area contributed by atoms with Gasteiger partial charge in [0, 0.05) is 16.6 Å². The normalized spacial score (nSPS) is 14.1. The van der Waals surface area contributed by atoms with E-state index in [1.54, 1.807) is 13.0 Å². The van der Waals surface area contributed by atoms with Gasteiger partial charge in [0.25, 0.3) is 11.6 Å². The van der Waals surface area contributed by atoms with Crippen molar-refractivity contribution >= 4 is 34.3 Å². The van der Waals surface area contributed by atoms with Crippen LogP contribution >= 0.6 is 11.6 Å². The number of halogens is 2. The molecule has 0 atom stereocenters. The summed E-state index contributed by atoms with van der Waals surface area (Å²) in [6.45, 7) is 1.74. The number of anilines is 1. The van der Waals surface area contributed by atoms with Crippen molar-refractivity contribution in [3.05, 3.63) is 52.1 Å². The highest BCUT2D eigenvalue weighted by atomic mass is 35.5. The van der Waals surface area contributed by atoms with E-state index in [1.165, 1.54) is 18.2 Å². The van der Waals surface area contributed by atoms with Gasteiger partial charge in [0.2, 0.25) is 0 Å². The molecule has 122 valence electrons. The lowest BCUT2D eigenvalue weighted by atomic mass is 10.1. The Morgan fingerprint density at radius 3 is 2.92 bits per heavy atom. The largest absolute Gasteiger partial charge is 0.336 e. The average Bonchev–Trinajstić information content (AvgIpc) is 3.34. The maximum atomic E-state index is 13.9. The van der Waals surface area contributed by atoms with Crippen LogP contribution in [-0.4, -0.2) is 16.0 Å². The van der Waals surface area contributed by atoms with E-state index < -0.39 is 11.7 Å². The van der Waals surface area contributed by atoms with Crippen LogP contribution in [-0.2, 0) is 0 Å². The molecule has 3 aromatic rings. The molecular weight excluding hydrogens is 333 g/mol. The molecular formula is C17H13ClFN3O2.